The Balaban J connectivity index is 0.961. The zero-order valence-corrected chi connectivity index (χ0v) is 40.4. The van der Waals surface area contributed by atoms with Crippen molar-refractivity contribution >= 4 is 87.5 Å². The van der Waals surface area contributed by atoms with E-state index in [9.17, 15) is 0 Å². The Bertz CT molecular complexity index is 3800. The third-order valence-corrected chi connectivity index (χ3v) is 15.6. The van der Waals surface area contributed by atoms with Crippen LogP contribution in [0.2, 0.25) is 0 Å². The first-order valence-electron chi connectivity index (χ1n) is 25.4. The van der Waals surface area contributed by atoms with Crippen molar-refractivity contribution in [2.24, 2.45) is 5.41 Å². The molecule has 70 heavy (non-hydrogen) atoms. The number of fused-ring (bicyclic) bond motifs is 12. The number of unbranched alkanes of at least 4 members (excludes halogenated alkanes) is 3. The highest BCUT2D eigenvalue weighted by Crippen LogP contribution is 2.46. The lowest BCUT2D eigenvalue weighted by molar-refractivity contribution is 0.246. The summed E-state index contributed by atoms with van der Waals surface area (Å²) in [5, 5.41) is 9.50. The van der Waals surface area contributed by atoms with Crippen LogP contribution in [0.5, 0.6) is 0 Å². The molecule has 0 saturated heterocycles. The van der Waals surface area contributed by atoms with Gasteiger partial charge in [0.05, 0.1) is 22.1 Å². The van der Waals surface area contributed by atoms with Crippen LogP contribution in [0.4, 0.5) is 0 Å². The molecule has 1 atom stereocenters. The molecular weight excluding hydrogens is 853 g/mol. The van der Waals surface area contributed by atoms with Crippen LogP contribution in [0.25, 0.3) is 121 Å². The van der Waals surface area contributed by atoms with E-state index in [4.69, 9.17) is 8.83 Å². The Kier molecular flexibility index (Phi) is 10.1. The van der Waals surface area contributed by atoms with Crippen LogP contribution in [0.3, 0.4) is 0 Å². The molecule has 0 N–H and O–H groups in total. The van der Waals surface area contributed by atoms with Crippen molar-refractivity contribution in [1.82, 2.24) is 9.13 Å². The number of hydrogen-bond donors (Lipinski definition) is 0. The quantitative estimate of drug-likeness (QED) is 0.115. The van der Waals surface area contributed by atoms with Gasteiger partial charge in [-0.15, -0.1) is 0 Å². The summed E-state index contributed by atoms with van der Waals surface area (Å²) >= 11 is 0. The van der Waals surface area contributed by atoms with E-state index in [1.165, 1.54) is 104 Å². The van der Waals surface area contributed by atoms with Crippen LogP contribution >= 0.6 is 0 Å². The number of benzene rings is 9. The van der Waals surface area contributed by atoms with E-state index in [0.717, 1.165) is 61.7 Å². The van der Waals surface area contributed by atoms with Crippen LogP contribution in [0.15, 0.2) is 197 Å². The summed E-state index contributed by atoms with van der Waals surface area (Å²) in [5.74, 6) is 0.382. The average molecular weight is 909 g/mol. The Morgan fingerprint density at radius 2 is 0.786 bits per heavy atom. The number of hydrogen-bond acceptors (Lipinski definition) is 2. The van der Waals surface area contributed by atoms with E-state index in [1.807, 2.05) is 0 Å². The van der Waals surface area contributed by atoms with Gasteiger partial charge in [0.1, 0.15) is 22.3 Å². The van der Waals surface area contributed by atoms with Gasteiger partial charge in [-0.05, 0) is 143 Å². The molecule has 1 unspecified atom stereocenters. The maximum Gasteiger partial charge on any atom is 0.135 e. The first-order valence-corrected chi connectivity index (χ1v) is 25.4. The molecule has 0 amide bonds. The fourth-order valence-electron chi connectivity index (χ4n) is 12.2. The van der Waals surface area contributed by atoms with Gasteiger partial charge in [-0.2, -0.15) is 0 Å². The monoisotopic (exact) mass is 908 g/mol. The van der Waals surface area contributed by atoms with E-state index in [1.54, 1.807) is 0 Å². The molecule has 4 aromatic heterocycles. The molecule has 13 aromatic rings. The number of furan rings is 2. The molecule has 0 aliphatic carbocycles. The molecule has 0 spiro atoms. The van der Waals surface area contributed by atoms with Crippen molar-refractivity contribution in [3.63, 3.8) is 0 Å². The van der Waals surface area contributed by atoms with Crippen molar-refractivity contribution < 1.29 is 8.83 Å². The largest absolute Gasteiger partial charge is 0.456 e. The van der Waals surface area contributed by atoms with E-state index in [-0.39, 0.29) is 5.41 Å². The first kappa shape index (κ1) is 42.3. The van der Waals surface area contributed by atoms with Gasteiger partial charge in [-0.3, -0.25) is 0 Å². The predicted octanol–water partition coefficient (Wildman–Crippen LogP) is 19.5. The summed E-state index contributed by atoms with van der Waals surface area (Å²) in [6.07, 6.45) is 7.36. The van der Waals surface area contributed by atoms with Crippen LogP contribution in [0, 0.1) is 5.41 Å². The lowest BCUT2D eigenvalue weighted by Gasteiger charge is -2.35. The van der Waals surface area contributed by atoms with E-state index in [2.05, 4.69) is 225 Å². The van der Waals surface area contributed by atoms with Gasteiger partial charge < -0.3 is 18.0 Å². The minimum absolute atomic E-state index is 0.125. The summed E-state index contributed by atoms with van der Waals surface area (Å²) in [7, 11) is 0. The van der Waals surface area contributed by atoms with Crippen LogP contribution in [-0.2, 0) is 0 Å². The highest BCUT2D eigenvalue weighted by molar-refractivity contribution is 6.13. The van der Waals surface area contributed by atoms with E-state index in [0.29, 0.717) is 5.92 Å². The molecule has 0 radical (unpaired) electrons. The summed E-state index contributed by atoms with van der Waals surface area (Å²) in [5.41, 5.74) is 16.9. The third-order valence-electron chi connectivity index (χ3n) is 15.6. The minimum atomic E-state index is 0.125. The molecule has 0 fully saturated rings. The molecule has 342 valence electrons. The van der Waals surface area contributed by atoms with Crippen LogP contribution in [0.1, 0.15) is 77.7 Å². The Morgan fingerprint density at radius 3 is 1.20 bits per heavy atom. The topological polar surface area (TPSA) is 36.1 Å². The lowest BCUT2D eigenvalue weighted by atomic mass is 9.70. The summed E-state index contributed by atoms with van der Waals surface area (Å²) in [4.78, 5) is 0. The molecular formula is C66H56N2O2. The average Bonchev–Trinajstić information content (AvgIpc) is 4.14. The lowest BCUT2D eigenvalue weighted by Crippen LogP contribution is -2.22. The Hall–Kier alpha value is -7.82. The van der Waals surface area contributed by atoms with Gasteiger partial charge in [-0.1, -0.05) is 150 Å². The Labute approximate surface area is 408 Å². The predicted molar refractivity (Wildman–Crippen MR) is 296 cm³/mol. The van der Waals surface area contributed by atoms with Crippen molar-refractivity contribution in [3.05, 3.63) is 194 Å². The van der Waals surface area contributed by atoms with E-state index >= 15 is 0 Å². The number of rotatable bonds is 12. The SMILES string of the molecule is CCCCCCC(C)(C)C(CC)c1cc(-c2ccc3oc4ccc(-n5c6ccccc6c6ccccc65)cc4c3c2)cc(-c2ccc3oc4ccc(-n5c6ccccc6c6ccccc65)cc4c3c2)c1. The van der Waals surface area contributed by atoms with Gasteiger partial charge in [0, 0.05) is 54.5 Å². The van der Waals surface area contributed by atoms with Crippen molar-refractivity contribution in [1.29, 1.82) is 0 Å². The highest BCUT2D eigenvalue weighted by Gasteiger charge is 2.30. The second kappa shape index (κ2) is 16.7. The first-order chi connectivity index (χ1) is 34.3. The molecule has 0 bridgehead atoms. The summed E-state index contributed by atoms with van der Waals surface area (Å²) < 4.78 is 18.0. The zero-order chi connectivity index (χ0) is 47.1. The van der Waals surface area contributed by atoms with Gasteiger partial charge in [0.2, 0.25) is 0 Å². The third kappa shape index (κ3) is 6.87. The number of aromatic nitrogens is 2. The zero-order valence-electron chi connectivity index (χ0n) is 40.4. The molecule has 4 nitrogen and oxygen atoms in total. The van der Waals surface area contributed by atoms with Crippen molar-refractivity contribution in [2.75, 3.05) is 0 Å². The molecule has 9 aromatic carbocycles. The maximum atomic E-state index is 6.59. The fourth-order valence-corrected chi connectivity index (χ4v) is 12.2. The van der Waals surface area contributed by atoms with Crippen molar-refractivity contribution in [2.45, 2.75) is 72.1 Å². The van der Waals surface area contributed by atoms with Crippen LogP contribution in [-0.4, -0.2) is 9.13 Å². The number of nitrogens with zero attached hydrogens (tertiary/aromatic N) is 2. The van der Waals surface area contributed by atoms with Gasteiger partial charge >= 0.3 is 0 Å². The van der Waals surface area contributed by atoms with Gasteiger partial charge in [0.15, 0.2) is 0 Å². The second-order valence-corrected chi connectivity index (χ2v) is 20.3. The Morgan fingerprint density at radius 1 is 0.386 bits per heavy atom. The van der Waals surface area contributed by atoms with E-state index < -0.39 is 0 Å². The normalized spacial score (nSPS) is 12.9. The minimum Gasteiger partial charge on any atom is -0.456 e. The standard InChI is InChI=1S/C66H56N2O2/c1-5-7-8-17-34-66(3,4)57(6-2)46-36-44(42-26-30-62-53(38-42)55-40-47(28-32-64(55)69-62)67-58-22-13-9-18-49(58)50-19-10-14-23-59(50)67)35-45(37-46)43-27-31-63-54(39-43)56-41-48(29-33-65(56)70-63)68-60-24-15-11-20-51(60)52-21-12-16-25-61(52)68/h9-16,18-33,35-41,57H,5-8,17,34H2,1-4H3. The summed E-state index contributed by atoms with van der Waals surface area (Å²) in [6, 6.07) is 69.1. The second-order valence-electron chi connectivity index (χ2n) is 20.3. The molecule has 13 rings (SSSR count). The van der Waals surface area contributed by atoms with Gasteiger partial charge in [-0.25, -0.2) is 0 Å². The van der Waals surface area contributed by atoms with Crippen molar-refractivity contribution in [3.8, 4) is 33.6 Å². The smallest absolute Gasteiger partial charge is 0.135 e. The molecule has 4 heteroatoms. The van der Waals surface area contributed by atoms with Crippen LogP contribution < -0.4 is 0 Å². The molecule has 4 heterocycles. The maximum absolute atomic E-state index is 6.59. The highest BCUT2D eigenvalue weighted by atomic mass is 16.3. The summed E-state index contributed by atoms with van der Waals surface area (Å²) in [6.45, 7) is 9.67. The molecule has 0 aliphatic rings. The fraction of sp³-hybridized carbons (Fsp3) is 0.182. The molecule has 0 saturated carbocycles. The van der Waals surface area contributed by atoms with Gasteiger partial charge in [0.25, 0.3) is 0 Å². The molecule has 0 aliphatic heterocycles. The number of para-hydroxylation sites is 4.